The predicted octanol–water partition coefficient (Wildman–Crippen LogP) is 5.01. The van der Waals surface area contributed by atoms with Crippen molar-refractivity contribution in [2.24, 2.45) is 11.8 Å². The molecule has 1 aliphatic carbocycles. The highest BCUT2D eigenvalue weighted by atomic mass is 19.1. The largest absolute Gasteiger partial charge is 0.489 e. The second-order valence-corrected chi connectivity index (χ2v) is 6.91. The number of carboxylic acid groups (broad SMARTS) is 1. The van der Waals surface area contributed by atoms with E-state index in [-0.39, 0.29) is 11.7 Å². The minimum absolute atomic E-state index is 0.195. The molecule has 1 saturated carbocycles. The number of ether oxygens (including phenoxy) is 1. The lowest BCUT2D eigenvalue weighted by atomic mass is 9.83. The lowest BCUT2D eigenvalue weighted by Gasteiger charge is -2.22. The molecule has 4 heteroatoms. The van der Waals surface area contributed by atoms with Crippen LogP contribution in [0.2, 0.25) is 0 Å². The van der Waals surface area contributed by atoms with Gasteiger partial charge in [-0.25, -0.2) is 4.39 Å². The summed E-state index contributed by atoms with van der Waals surface area (Å²) in [7, 11) is 0. The fourth-order valence-corrected chi connectivity index (χ4v) is 3.14. The van der Waals surface area contributed by atoms with E-state index < -0.39 is 11.9 Å². The fourth-order valence-electron chi connectivity index (χ4n) is 3.14. The third kappa shape index (κ3) is 4.81. The average molecular weight is 342 g/mol. The van der Waals surface area contributed by atoms with Gasteiger partial charge in [-0.2, -0.15) is 0 Å². The molecule has 2 aromatic carbocycles. The number of hydrogen-bond acceptors (Lipinski definition) is 2. The third-order valence-corrected chi connectivity index (χ3v) is 4.85. The van der Waals surface area contributed by atoms with Crippen molar-refractivity contribution in [3.05, 3.63) is 65.5 Å². The van der Waals surface area contributed by atoms with Gasteiger partial charge in [-0.15, -0.1) is 0 Å². The number of rotatable bonds is 8. The van der Waals surface area contributed by atoms with Crippen molar-refractivity contribution in [1.29, 1.82) is 0 Å². The van der Waals surface area contributed by atoms with Gasteiger partial charge in [0.1, 0.15) is 18.2 Å². The highest BCUT2D eigenvalue weighted by Gasteiger charge is 2.32. The van der Waals surface area contributed by atoms with E-state index in [0.29, 0.717) is 23.8 Å². The summed E-state index contributed by atoms with van der Waals surface area (Å²) in [4.78, 5) is 11.5. The first-order valence-electron chi connectivity index (χ1n) is 8.73. The summed E-state index contributed by atoms with van der Waals surface area (Å²) >= 11 is 0. The van der Waals surface area contributed by atoms with Gasteiger partial charge in [0.25, 0.3) is 0 Å². The summed E-state index contributed by atoms with van der Waals surface area (Å²) in [5, 5.41) is 9.41. The van der Waals surface area contributed by atoms with Crippen molar-refractivity contribution >= 4 is 5.97 Å². The molecule has 25 heavy (non-hydrogen) atoms. The Morgan fingerprint density at radius 3 is 2.60 bits per heavy atom. The molecule has 1 unspecified atom stereocenters. The Bertz CT molecular complexity index is 725. The van der Waals surface area contributed by atoms with Crippen molar-refractivity contribution < 1.29 is 19.0 Å². The number of benzene rings is 2. The van der Waals surface area contributed by atoms with Crippen molar-refractivity contribution in [1.82, 2.24) is 0 Å². The molecular formula is C21H23FO3. The topological polar surface area (TPSA) is 46.5 Å². The number of carbonyl (C=O) groups is 1. The zero-order valence-electron chi connectivity index (χ0n) is 14.3. The standard InChI is InChI=1S/C21H23FO3/c1-14(21(23)24)20(9-15-7-8-15)17-10-18(22)12-19(11-17)25-13-16-5-3-2-4-6-16/h2-6,10-12,14-15,20H,7-9,13H2,1H3,(H,23,24)/t14?,20-/m1/s1. The van der Waals surface area contributed by atoms with Crippen LogP contribution in [0.1, 0.15) is 43.2 Å². The zero-order chi connectivity index (χ0) is 17.8. The molecule has 0 spiro atoms. The molecule has 132 valence electrons. The third-order valence-electron chi connectivity index (χ3n) is 4.85. The normalized spacial score (nSPS) is 16.2. The summed E-state index contributed by atoms with van der Waals surface area (Å²) in [6, 6.07) is 14.3. The van der Waals surface area contributed by atoms with Gasteiger partial charge >= 0.3 is 5.97 Å². The van der Waals surface area contributed by atoms with Crippen LogP contribution in [0.3, 0.4) is 0 Å². The van der Waals surface area contributed by atoms with Gasteiger partial charge in [0.15, 0.2) is 0 Å². The Morgan fingerprint density at radius 2 is 1.96 bits per heavy atom. The maximum atomic E-state index is 14.1. The Labute approximate surface area is 147 Å². The maximum Gasteiger partial charge on any atom is 0.306 e. The molecule has 0 amide bonds. The fraction of sp³-hybridized carbons (Fsp3) is 0.381. The summed E-state index contributed by atoms with van der Waals surface area (Å²) < 4.78 is 19.8. The smallest absolute Gasteiger partial charge is 0.306 e. The molecule has 0 bridgehead atoms. The van der Waals surface area contributed by atoms with Crippen molar-refractivity contribution in [3.63, 3.8) is 0 Å². The molecule has 2 atom stereocenters. The van der Waals surface area contributed by atoms with Gasteiger partial charge in [-0.3, -0.25) is 4.79 Å². The molecule has 0 heterocycles. The maximum absolute atomic E-state index is 14.1. The first-order valence-corrected chi connectivity index (χ1v) is 8.73. The van der Waals surface area contributed by atoms with Gasteiger partial charge in [-0.05, 0) is 41.5 Å². The van der Waals surface area contributed by atoms with Crippen LogP contribution in [0.15, 0.2) is 48.5 Å². The molecule has 3 rings (SSSR count). The van der Waals surface area contributed by atoms with Crippen LogP contribution in [0.5, 0.6) is 5.75 Å². The molecule has 0 radical (unpaired) electrons. The minimum Gasteiger partial charge on any atom is -0.489 e. The zero-order valence-corrected chi connectivity index (χ0v) is 14.3. The quantitative estimate of drug-likeness (QED) is 0.733. The summed E-state index contributed by atoms with van der Waals surface area (Å²) in [5.74, 6) is -0.981. The minimum atomic E-state index is -0.846. The van der Waals surface area contributed by atoms with Crippen LogP contribution >= 0.6 is 0 Å². The second kappa shape index (κ2) is 7.68. The predicted molar refractivity (Wildman–Crippen MR) is 94.1 cm³/mol. The SMILES string of the molecule is CC(C(=O)O)[C@@H](CC1CC1)c1cc(F)cc(OCc2ccccc2)c1. The van der Waals surface area contributed by atoms with E-state index in [9.17, 15) is 14.3 Å². The van der Waals surface area contributed by atoms with E-state index in [0.717, 1.165) is 24.8 Å². The first kappa shape index (κ1) is 17.5. The van der Waals surface area contributed by atoms with Gasteiger partial charge in [0.05, 0.1) is 5.92 Å². The molecular weight excluding hydrogens is 319 g/mol. The Hall–Kier alpha value is -2.36. The van der Waals surface area contributed by atoms with Crippen LogP contribution in [-0.4, -0.2) is 11.1 Å². The van der Waals surface area contributed by atoms with Crippen LogP contribution in [0.25, 0.3) is 0 Å². The van der Waals surface area contributed by atoms with Crippen molar-refractivity contribution in [2.75, 3.05) is 0 Å². The molecule has 0 aliphatic heterocycles. The van der Waals surface area contributed by atoms with Crippen LogP contribution < -0.4 is 4.74 Å². The number of aliphatic carboxylic acids is 1. The second-order valence-electron chi connectivity index (χ2n) is 6.91. The molecule has 1 aliphatic rings. The molecule has 0 aromatic heterocycles. The monoisotopic (exact) mass is 342 g/mol. The molecule has 3 nitrogen and oxygen atoms in total. The van der Waals surface area contributed by atoms with E-state index in [1.54, 1.807) is 13.0 Å². The molecule has 0 saturated heterocycles. The van der Waals surface area contributed by atoms with Crippen LogP contribution in [0, 0.1) is 17.7 Å². The van der Waals surface area contributed by atoms with E-state index in [4.69, 9.17) is 4.74 Å². The van der Waals surface area contributed by atoms with Gasteiger partial charge < -0.3 is 9.84 Å². The number of carboxylic acids is 1. The highest BCUT2D eigenvalue weighted by molar-refractivity contribution is 5.71. The van der Waals surface area contributed by atoms with Crippen molar-refractivity contribution in [2.45, 2.75) is 38.7 Å². The van der Waals surface area contributed by atoms with E-state index in [1.165, 1.54) is 12.1 Å². The first-order chi connectivity index (χ1) is 12.0. The Morgan fingerprint density at radius 1 is 1.24 bits per heavy atom. The number of hydrogen-bond donors (Lipinski definition) is 1. The Kier molecular flexibility index (Phi) is 5.37. The van der Waals surface area contributed by atoms with Crippen LogP contribution in [-0.2, 0) is 11.4 Å². The number of halogens is 1. The van der Waals surface area contributed by atoms with Gasteiger partial charge in [0, 0.05) is 6.07 Å². The van der Waals surface area contributed by atoms with E-state index in [2.05, 4.69) is 0 Å². The lowest BCUT2D eigenvalue weighted by molar-refractivity contribution is -0.142. The molecule has 1 fully saturated rings. The summed E-state index contributed by atoms with van der Waals surface area (Å²) in [6.07, 6.45) is 3.06. The van der Waals surface area contributed by atoms with Gasteiger partial charge in [-0.1, -0.05) is 50.1 Å². The van der Waals surface area contributed by atoms with E-state index >= 15 is 0 Å². The van der Waals surface area contributed by atoms with Crippen molar-refractivity contribution in [3.8, 4) is 5.75 Å². The lowest BCUT2D eigenvalue weighted by Crippen LogP contribution is -2.20. The highest BCUT2D eigenvalue weighted by Crippen LogP contribution is 2.42. The van der Waals surface area contributed by atoms with Crippen LogP contribution in [0.4, 0.5) is 4.39 Å². The van der Waals surface area contributed by atoms with Gasteiger partial charge in [0.2, 0.25) is 0 Å². The molecule has 2 aromatic rings. The average Bonchev–Trinajstić information content (AvgIpc) is 3.42. The molecule has 1 N–H and O–H groups in total. The Balaban J connectivity index is 1.79. The summed E-state index contributed by atoms with van der Waals surface area (Å²) in [6.45, 7) is 2.05. The summed E-state index contributed by atoms with van der Waals surface area (Å²) in [5.41, 5.74) is 1.71. The van der Waals surface area contributed by atoms with E-state index in [1.807, 2.05) is 30.3 Å².